The maximum atomic E-state index is 10.3. The topological polar surface area (TPSA) is 60.4 Å². The Morgan fingerprint density at radius 3 is 1.84 bits per heavy atom. The quantitative estimate of drug-likeness (QED) is 0.0793. The molecule has 0 aliphatic rings. The Morgan fingerprint density at radius 1 is 0.737 bits per heavy atom. The smallest absolute Gasteiger partial charge is 0.550 e. The van der Waals surface area contributed by atoms with Gasteiger partial charge >= 0.3 is 29.6 Å². The van der Waals surface area contributed by atoms with E-state index in [9.17, 15) is 15.0 Å². The molecule has 0 aromatic rings. The Bertz CT molecular complexity index is 722. The number of aliphatic hydroxyl groups excluding tert-OH is 1. The van der Waals surface area contributed by atoms with Gasteiger partial charge in [0.1, 0.15) is 0 Å². The van der Waals surface area contributed by atoms with Gasteiger partial charge in [-0.15, -0.1) is 0 Å². The van der Waals surface area contributed by atoms with Crippen molar-refractivity contribution in [3.05, 3.63) is 60.8 Å². The van der Waals surface area contributed by atoms with Gasteiger partial charge in [0.05, 0.1) is 6.10 Å². The van der Waals surface area contributed by atoms with E-state index in [1.807, 2.05) is 6.08 Å². The molecule has 0 bridgehead atoms. The number of carboxylic acids is 1. The molecule has 0 spiro atoms. The number of rotatable bonds is 24. The third-order valence-corrected chi connectivity index (χ3v) is 6.05. The zero-order chi connectivity index (χ0) is 27.1. The second kappa shape index (κ2) is 33.7. The number of carbonyl (C=O) groups is 1. The molecule has 0 rings (SSSR count). The Morgan fingerprint density at radius 2 is 1.26 bits per heavy atom. The molecule has 0 aromatic heterocycles. The first-order valence-corrected chi connectivity index (χ1v) is 14.8. The van der Waals surface area contributed by atoms with Gasteiger partial charge in [0, 0.05) is 12.4 Å². The molecular formula is C34H53NaO3. The van der Waals surface area contributed by atoms with Crippen LogP contribution >= 0.6 is 0 Å². The maximum absolute atomic E-state index is 10.3. The van der Waals surface area contributed by atoms with Crippen molar-refractivity contribution in [1.29, 1.82) is 0 Å². The molecule has 0 aromatic carbocycles. The third-order valence-electron chi connectivity index (χ3n) is 6.05. The second-order valence-corrected chi connectivity index (χ2v) is 9.61. The molecule has 0 aliphatic carbocycles. The van der Waals surface area contributed by atoms with Crippen LogP contribution in [0, 0.1) is 11.8 Å². The van der Waals surface area contributed by atoms with E-state index in [0.29, 0.717) is 6.42 Å². The van der Waals surface area contributed by atoms with E-state index in [-0.39, 0.29) is 36.0 Å². The Hall–Kier alpha value is -1.31. The second-order valence-electron chi connectivity index (χ2n) is 9.61. The summed E-state index contributed by atoms with van der Waals surface area (Å²) in [4.78, 5) is 10.3. The molecule has 208 valence electrons. The average Bonchev–Trinajstić information content (AvgIpc) is 2.88. The normalized spacial score (nSPS) is 12.6. The molecule has 0 aliphatic heterocycles. The number of carboxylic acid groups (broad SMARTS) is 1. The van der Waals surface area contributed by atoms with E-state index in [4.69, 9.17) is 0 Å². The van der Waals surface area contributed by atoms with Crippen molar-refractivity contribution in [3.63, 3.8) is 0 Å². The summed E-state index contributed by atoms with van der Waals surface area (Å²) in [6, 6.07) is 0. The minimum absolute atomic E-state index is 0. The van der Waals surface area contributed by atoms with E-state index in [2.05, 4.69) is 61.3 Å². The van der Waals surface area contributed by atoms with Gasteiger partial charge in [0.25, 0.3) is 0 Å². The molecule has 1 N–H and O–H groups in total. The van der Waals surface area contributed by atoms with E-state index >= 15 is 0 Å². The summed E-state index contributed by atoms with van der Waals surface area (Å²) in [7, 11) is 0. The maximum Gasteiger partial charge on any atom is 1.00 e. The molecule has 0 fully saturated rings. The summed E-state index contributed by atoms with van der Waals surface area (Å²) in [5.41, 5.74) is 0. The van der Waals surface area contributed by atoms with Crippen LogP contribution in [0.25, 0.3) is 0 Å². The van der Waals surface area contributed by atoms with Crippen molar-refractivity contribution in [2.24, 2.45) is 0 Å². The molecule has 1 atom stereocenters. The fourth-order valence-corrected chi connectivity index (χ4v) is 3.86. The Balaban J connectivity index is 0. The first kappa shape index (κ1) is 38.8. The third kappa shape index (κ3) is 34.7. The summed E-state index contributed by atoms with van der Waals surface area (Å²) in [5, 5.41) is 20.1. The van der Waals surface area contributed by atoms with Crippen LogP contribution in [0.15, 0.2) is 60.8 Å². The van der Waals surface area contributed by atoms with Crippen LogP contribution in [-0.4, -0.2) is 17.2 Å². The van der Waals surface area contributed by atoms with Gasteiger partial charge in [-0.25, -0.2) is 0 Å². The van der Waals surface area contributed by atoms with Gasteiger partial charge in [-0.3, -0.25) is 0 Å². The van der Waals surface area contributed by atoms with Crippen LogP contribution in [0.1, 0.15) is 129 Å². The van der Waals surface area contributed by atoms with Gasteiger partial charge < -0.3 is 15.0 Å². The fourth-order valence-electron chi connectivity index (χ4n) is 3.86. The first-order chi connectivity index (χ1) is 18.2. The summed E-state index contributed by atoms with van der Waals surface area (Å²) in [6.07, 6.45) is 40.9. The van der Waals surface area contributed by atoms with Crippen LogP contribution in [-0.2, 0) is 4.79 Å². The van der Waals surface area contributed by atoms with Crippen molar-refractivity contribution < 1.29 is 44.6 Å². The van der Waals surface area contributed by atoms with Gasteiger partial charge in [-0.05, 0) is 63.5 Å². The van der Waals surface area contributed by atoms with Crippen molar-refractivity contribution in [1.82, 2.24) is 0 Å². The summed E-state index contributed by atoms with van der Waals surface area (Å²) in [5.74, 6) is 5.12. The van der Waals surface area contributed by atoms with Crippen LogP contribution in [0.2, 0.25) is 0 Å². The number of hydrogen-bond donors (Lipinski definition) is 1. The molecule has 0 heterocycles. The molecule has 0 amide bonds. The summed E-state index contributed by atoms with van der Waals surface area (Å²) in [6.45, 7) is 2.08. The average molecular weight is 533 g/mol. The van der Waals surface area contributed by atoms with Crippen molar-refractivity contribution in [3.8, 4) is 11.8 Å². The van der Waals surface area contributed by atoms with Crippen LogP contribution in [0.5, 0.6) is 0 Å². The summed E-state index contributed by atoms with van der Waals surface area (Å²) >= 11 is 0. The van der Waals surface area contributed by atoms with Crippen LogP contribution in [0.4, 0.5) is 0 Å². The molecule has 0 unspecified atom stereocenters. The minimum Gasteiger partial charge on any atom is -0.550 e. The molecule has 4 heteroatoms. The standard InChI is InChI=1S/C34H54O3.Na/c1-2-3-27-30-33(35)31-28-25-23-21-19-17-15-13-11-9-7-5-4-6-8-10-12-14-16-18-20-22-24-26-29-32-34(36)37;/h3,5,7,11,13,17,19,27-28,31,33,35H,2,4,6,8-10,12,14-16,18,20-22,24,26,29-30,32H2,1H3,(H,36,37);/q;+1/p-1/b7-5-,13-11-,19-17-,27-3-,31-28+;/t33-;/m0./s1. The Kier molecular flexibility index (Phi) is 34.5. The number of unbranched alkanes of at least 4 members (excludes halogenated alkanes) is 12. The van der Waals surface area contributed by atoms with Crippen molar-refractivity contribution >= 4 is 5.97 Å². The van der Waals surface area contributed by atoms with Gasteiger partial charge in [0.2, 0.25) is 0 Å². The largest absolute Gasteiger partial charge is 1.00 e. The van der Waals surface area contributed by atoms with Crippen LogP contribution in [0.3, 0.4) is 0 Å². The van der Waals surface area contributed by atoms with Crippen LogP contribution < -0.4 is 34.7 Å². The first-order valence-electron chi connectivity index (χ1n) is 14.8. The molecule has 0 saturated heterocycles. The van der Waals surface area contributed by atoms with Gasteiger partial charge in [-0.1, -0.05) is 132 Å². The minimum atomic E-state index is -0.916. The SMILES string of the molecule is CC/C=C\C[C@H](O)/C=C/C#CC/C=C\C/C=C\C/C=C\CCCCCCCCCCCCCCC(=O)[O-].[Na+]. The van der Waals surface area contributed by atoms with E-state index < -0.39 is 12.1 Å². The number of aliphatic carboxylic acids is 1. The monoisotopic (exact) mass is 532 g/mol. The Labute approximate surface area is 256 Å². The van der Waals surface area contributed by atoms with Gasteiger partial charge in [-0.2, -0.15) is 0 Å². The number of aliphatic hydroxyl groups is 1. The zero-order valence-corrected chi connectivity index (χ0v) is 26.5. The van der Waals surface area contributed by atoms with E-state index in [0.717, 1.165) is 44.9 Å². The molecular weight excluding hydrogens is 479 g/mol. The number of carbonyl (C=O) groups excluding carboxylic acids is 1. The van der Waals surface area contributed by atoms with Crippen molar-refractivity contribution in [2.75, 3.05) is 0 Å². The zero-order valence-electron chi connectivity index (χ0n) is 24.5. The van der Waals surface area contributed by atoms with Gasteiger partial charge in [0.15, 0.2) is 0 Å². The molecule has 0 saturated carbocycles. The van der Waals surface area contributed by atoms with E-state index in [1.54, 1.807) is 12.2 Å². The molecule has 38 heavy (non-hydrogen) atoms. The van der Waals surface area contributed by atoms with E-state index in [1.165, 1.54) is 64.2 Å². The molecule has 0 radical (unpaired) electrons. The summed E-state index contributed by atoms with van der Waals surface area (Å²) < 4.78 is 0. The predicted octanol–water partition coefficient (Wildman–Crippen LogP) is 5.32. The molecule has 3 nitrogen and oxygen atoms in total. The van der Waals surface area contributed by atoms with Crippen molar-refractivity contribution in [2.45, 2.75) is 135 Å². The predicted molar refractivity (Wildman–Crippen MR) is 158 cm³/mol. The number of allylic oxidation sites excluding steroid dienone is 8. The number of hydrogen-bond acceptors (Lipinski definition) is 3. The fraction of sp³-hybridized carbons (Fsp3) is 0.618.